The molecule has 3 aromatic rings. The highest BCUT2D eigenvalue weighted by Gasteiger charge is 2.19. The van der Waals surface area contributed by atoms with Crippen molar-refractivity contribution in [1.29, 1.82) is 0 Å². The first kappa shape index (κ1) is 16.1. The van der Waals surface area contributed by atoms with Crippen molar-refractivity contribution in [3.05, 3.63) is 80.4 Å². The minimum absolute atomic E-state index is 0.0250. The Morgan fingerprint density at radius 2 is 2.09 bits per heavy atom. The number of furan rings is 1. The van der Waals surface area contributed by atoms with Crippen LogP contribution in [0.15, 0.2) is 57.8 Å². The van der Waals surface area contributed by atoms with Crippen molar-refractivity contribution in [2.75, 3.05) is 6.54 Å². The zero-order valence-electron chi connectivity index (χ0n) is 12.0. The summed E-state index contributed by atoms with van der Waals surface area (Å²) in [5.74, 6) is 0.594. The summed E-state index contributed by atoms with van der Waals surface area (Å²) < 4.78 is 5.51. The monoisotopic (exact) mass is 365 g/mol. The Bertz CT molecular complexity index is 751. The molecule has 2 heterocycles. The van der Waals surface area contributed by atoms with Crippen LogP contribution < -0.4 is 5.32 Å². The van der Waals surface area contributed by atoms with E-state index in [-0.39, 0.29) is 11.8 Å². The van der Waals surface area contributed by atoms with Crippen molar-refractivity contribution in [2.24, 2.45) is 0 Å². The van der Waals surface area contributed by atoms with Crippen molar-refractivity contribution < 1.29 is 9.21 Å². The van der Waals surface area contributed by atoms with Crippen LogP contribution in [0.25, 0.3) is 0 Å². The lowest BCUT2D eigenvalue weighted by Gasteiger charge is -2.14. The number of thiophene rings is 1. The topological polar surface area (TPSA) is 42.2 Å². The number of carbonyl (C=O) groups excluding carboxylic acids is 1. The molecule has 0 radical (unpaired) electrons. The van der Waals surface area contributed by atoms with Gasteiger partial charge in [-0.15, -0.1) is 0 Å². The smallest absolute Gasteiger partial charge is 0.251 e. The van der Waals surface area contributed by atoms with Crippen LogP contribution in [0.4, 0.5) is 0 Å². The van der Waals surface area contributed by atoms with Crippen LogP contribution in [0.3, 0.4) is 0 Å². The van der Waals surface area contributed by atoms with Gasteiger partial charge in [0, 0.05) is 12.1 Å². The summed E-state index contributed by atoms with van der Waals surface area (Å²) in [6, 6.07) is 10.6. The van der Waals surface area contributed by atoms with Gasteiger partial charge in [-0.2, -0.15) is 11.3 Å². The summed E-state index contributed by atoms with van der Waals surface area (Å²) in [5, 5.41) is 7.77. The van der Waals surface area contributed by atoms with E-state index in [1.807, 2.05) is 23.6 Å². The highest BCUT2D eigenvalue weighted by atomic mass is 35.5. The molecule has 0 saturated heterocycles. The number of hydrogen-bond donors (Lipinski definition) is 1. The zero-order valence-corrected chi connectivity index (χ0v) is 14.3. The van der Waals surface area contributed by atoms with Gasteiger partial charge in [0.15, 0.2) is 0 Å². The SMILES string of the molecule is O=C(NCC(c1ccsc1)c1ccco1)c1ccc(Cl)c(Cl)c1. The molecule has 1 atom stereocenters. The Balaban J connectivity index is 1.74. The second-order valence-electron chi connectivity index (χ2n) is 4.96. The van der Waals surface area contributed by atoms with E-state index in [1.165, 1.54) is 0 Å². The molecule has 3 nitrogen and oxygen atoms in total. The molecule has 0 aliphatic carbocycles. The molecule has 1 N–H and O–H groups in total. The largest absolute Gasteiger partial charge is 0.469 e. The predicted molar refractivity (Wildman–Crippen MR) is 93.7 cm³/mol. The molecule has 6 heteroatoms. The van der Waals surface area contributed by atoms with E-state index in [9.17, 15) is 4.79 Å². The van der Waals surface area contributed by atoms with E-state index in [2.05, 4.69) is 10.7 Å². The van der Waals surface area contributed by atoms with E-state index in [0.29, 0.717) is 22.2 Å². The van der Waals surface area contributed by atoms with Gasteiger partial charge in [-0.1, -0.05) is 23.2 Å². The van der Waals surface area contributed by atoms with Crippen LogP contribution >= 0.6 is 34.5 Å². The van der Waals surface area contributed by atoms with E-state index < -0.39 is 0 Å². The summed E-state index contributed by atoms with van der Waals surface area (Å²) in [4.78, 5) is 12.3. The number of carbonyl (C=O) groups is 1. The van der Waals surface area contributed by atoms with Crippen molar-refractivity contribution in [2.45, 2.75) is 5.92 Å². The number of hydrogen-bond acceptors (Lipinski definition) is 3. The molecule has 23 heavy (non-hydrogen) atoms. The van der Waals surface area contributed by atoms with Gasteiger partial charge in [-0.25, -0.2) is 0 Å². The second-order valence-corrected chi connectivity index (χ2v) is 6.56. The maximum absolute atomic E-state index is 12.3. The lowest BCUT2D eigenvalue weighted by Crippen LogP contribution is -2.28. The van der Waals surface area contributed by atoms with E-state index in [4.69, 9.17) is 27.6 Å². The Morgan fingerprint density at radius 3 is 2.74 bits per heavy atom. The molecule has 0 saturated carbocycles. The number of amides is 1. The lowest BCUT2D eigenvalue weighted by molar-refractivity contribution is 0.0952. The molecule has 0 aliphatic heterocycles. The first-order chi connectivity index (χ1) is 11.1. The first-order valence-electron chi connectivity index (χ1n) is 6.94. The Hall–Kier alpha value is -1.75. The average Bonchev–Trinajstić information content (AvgIpc) is 3.24. The molecule has 3 rings (SSSR count). The molecule has 1 amide bonds. The summed E-state index contributed by atoms with van der Waals surface area (Å²) in [6.07, 6.45) is 1.63. The van der Waals surface area contributed by atoms with E-state index >= 15 is 0 Å². The first-order valence-corrected chi connectivity index (χ1v) is 8.64. The molecule has 0 spiro atoms. The lowest BCUT2D eigenvalue weighted by atomic mass is 9.99. The highest BCUT2D eigenvalue weighted by Crippen LogP contribution is 2.27. The van der Waals surface area contributed by atoms with Gasteiger partial charge in [-0.3, -0.25) is 4.79 Å². The Labute approximate surface area is 147 Å². The molecule has 0 fully saturated rings. The van der Waals surface area contributed by atoms with Crippen molar-refractivity contribution >= 4 is 40.4 Å². The van der Waals surface area contributed by atoms with Crippen molar-refractivity contribution in [3.63, 3.8) is 0 Å². The van der Waals surface area contributed by atoms with Gasteiger partial charge in [0.2, 0.25) is 0 Å². The van der Waals surface area contributed by atoms with Gasteiger partial charge < -0.3 is 9.73 Å². The zero-order chi connectivity index (χ0) is 16.2. The minimum Gasteiger partial charge on any atom is -0.469 e. The van der Waals surface area contributed by atoms with Gasteiger partial charge in [0.25, 0.3) is 5.91 Å². The fraction of sp³-hybridized carbons (Fsp3) is 0.118. The quantitative estimate of drug-likeness (QED) is 0.674. The molecule has 1 aromatic carbocycles. The third-order valence-corrected chi connectivity index (χ3v) is 4.92. The maximum atomic E-state index is 12.3. The molecule has 0 bridgehead atoms. The maximum Gasteiger partial charge on any atom is 0.251 e. The average molecular weight is 366 g/mol. The van der Waals surface area contributed by atoms with E-state index in [1.54, 1.807) is 35.8 Å². The number of nitrogens with one attached hydrogen (secondary N) is 1. The number of halogens is 2. The molecule has 2 aromatic heterocycles. The highest BCUT2D eigenvalue weighted by molar-refractivity contribution is 7.08. The summed E-state index contributed by atoms with van der Waals surface area (Å²) in [6.45, 7) is 0.434. The number of rotatable bonds is 5. The van der Waals surface area contributed by atoms with Crippen LogP contribution in [0, 0.1) is 0 Å². The molecule has 0 aliphatic rings. The minimum atomic E-state index is -0.199. The van der Waals surface area contributed by atoms with Crippen LogP contribution in [-0.4, -0.2) is 12.5 Å². The van der Waals surface area contributed by atoms with Crippen molar-refractivity contribution in [1.82, 2.24) is 5.32 Å². The van der Waals surface area contributed by atoms with Gasteiger partial charge in [0.1, 0.15) is 5.76 Å². The summed E-state index contributed by atoms with van der Waals surface area (Å²) in [5.41, 5.74) is 1.59. The van der Waals surface area contributed by atoms with Crippen LogP contribution in [0.2, 0.25) is 10.0 Å². The molecular weight excluding hydrogens is 353 g/mol. The Kier molecular flexibility index (Phi) is 5.06. The van der Waals surface area contributed by atoms with Crippen LogP contribution in [0.5, 0.6) is 0 Å². The van der Waals surface area contributed by atoms with Crippen LogP contribution in [-0.2, 0) is 0 Å². The third-order valence-electron chi connectivity index (χ3n) is 3.48. The normalized spacial score (nSPS) is 12.1. The Morgan fingerprint density at radius 1 is 1.22 bits per heavy atom. The summed E-state index contributed by atoms with van der Waals surface area (Å²) in [7, 11) is 0. The molecule has 1 unspecified atom stereocenters. The molecule has 118 valence electrons. The van der Waals surface area contributed by atoms with Gasteiger partial charge >= 0.3 is 0 Å². The van der Waals surface area contributed by atoms with Crippen LogP contribution in [0.1, 0.15) is 27.6 Å². The fourth-order valence-corrected chi connectivity index (χ4v) is 3.29. The number of benzene rings is 1. The summed E-state index contributed by atoms with van der Waals surface area (Å²) >= 11 is 13.4. The van der Waals surface area contributed by atoms with Gasteiger partial charge in [0.05, 0.1) is 22.2 Å². The second kappa shape index (κ2) is 7.21. The molecular formula is C17H13Cl2NO2S. The van der Waals surface area contributed by atoms with E-state index in [0.717, 1.165) is 11.3 Å². The van der Waals surface area contributed by atoms with Crippen molar-refractivity contribution in [3.8, 4) is 0 Å². The fourth-order valence-electron chi connectivity index (χ4n) is 2.28. The third kappa shape index (κ3) is 3.78. The van der Waals surface area contributed by atoms with Gasteiger partial charge in [-0.05, 0) is 52.7 Å². The standard InChI is InChI=1S/C17H13Cl2NO2S/c18-14-4-3-11(8-15(14)19)17(21)20-9-13(12-5-7-23-10-12)16-2-1-6-22-16/h1-8,10,13H,9H2,(H,20,21). The predicted octanol–water partition coefficient (Wildman–Crippen LogP) is 5.21.